The van der Waals surface area contributed by atoms with Crippen LogP contribution in [0.4, 0.5) is 5.00 Å². The van der Waals surface area contributed by atoms with Gasteiger partial charge in [0.05, 0.1) is 18.7 Å². The first-order valence-corrected chi connectivity index (χ1v) is 11.1. The van der Waals surface area contributed by atoms with Crippen molar-refractivity contribution >= 4 is 22.2 Å². The molecule has 2 aromatic rings. The second-order valence-electron chi connectivity index (χ2n) is 8.20. The van der Waals surface area contributed by atoms with Gasteiger partial charge in [-0.2, -0.15) is 0 Å². The monoisotopic (exact) mass is 384 g/mol. The highest BCUT2D eigenvalue weighted by Crippen LogP contribution is 2.42. The number of aryl methyl sites for hydroxylation is 1. The second-order valence-corrected chi connectivity index (χ2v) is 9.30. The number of rotatable bonds is 4. The molecular weight excluding hydrogens is 354 g/mol. The molecule has 0 unspecified atom stereocenters. The van der Waals surface area contributed by atoms with Crippen LogP contribution >= 0.6 is 11.3 Å². The molecule has 1 fully saturated rings. The molecule has 27 heavy (non-hydrogen) atoms. The Hall–Kier alpha value is -1.72. The van der Waals surface area contributed by atoms with Crippen molar-refractivity contribution in [3.8, 4) is 0 Å². The number of fused-ring (bicyclic) bond motifs is 1. The van der Waals surface area contributed by atoms with Gasteiger partial charge in [-0.3, -0.25) is 9.78 Å². The molecule has 0 spiro atoms. The van der Waals surface area contributed by atoms with Crippen LogP contribution in [0.15, 0.2) is 24.5 Å². The summed E-state index contributed by atoms with van der Waals surface area (Å²) in [4.78, 5) is 19.5. The van der Waals surface area contributed by atoms with Crippen molar-refractivity contribution in [1.82, 2.24) is 4.98 Å². The van der Waals surface area contributed by atoms with Crippen molar-refractivity contribution in [1.29, 1.82) is 0 Å². The Bertz CT molecular complexity index is 793. The van der Waals surface area contributed by atoms with Gasteiger partial charge in [0.2, 0.25) is 5.91 Å². The van der Waals surface area contributed by atoms with Crippen molar-refractivity contribution in [3.63, 3.8) is 0 Å². The highest BCUT2D eigenvalue weighted by Gasteiger charge is 2.36. The SMILES string of the molecule is CC(=O)Nc1sc2c(c1[C@@H](c1cccnc1)[NH+]1CCC(C)CC1)CCCC2. The number of thiophene rings is 1. The highest BCUT2D eigenvalue weighted by molar-refractivity contribution is 7.16. The molecule has 144 valence electrons. The third-order valence-electron chi connectivity index (χ3n) is 6.13. The summed E-state index contributed by atoms with van der Waals surface area (Å²) in [7, 11) is 0. The summed E-state index contributed by atoms with van der Waals surface area (Å²) in [5.41, 5.74) is 4.16. The van der Waals surface area contributed by atoms with Crippen LogP contribution in [0.2, 0.25) is 0 Å². The normalized spacial score (nSPS) is 23.5. The van der Waals surface area contributed by atoms with E-state index in [1.54, 1.807) is 11.8 Å². The molecule has 3 heterocycles. The number of aromatic nitrogens is 1. The Morgan fingerprint density at radius 3 is 2.78 bits per heavy atom. The number of quaternary nitrogens is 1. The number of hydrogen-bond acceptors (Lipinski definition) is 3. The number of carbonyl (C=O) groups is 1. The van der Waals surface area contributed by atoms with Crippen molar-refractivity contribution < 1.29 is 9.69 Å². The summed E-state index contributed by atoms with van der Waals surface area (Å²) < 4.78 is 0. The maximum absolute atomic E-state index is 11.9. The van der Waals surface area contributed by atoms with E-state index in [-0.39, 0.29) is 11.9 Å². The summed E-state index contributed by atoms with van der Waals surface area (Å²) in [6.45, 7) is 6.36. The largest absolute Gasteiger partial charge is 0.325 e. The van der Waals surface area contributed by atoms with Gasteiger partial charge >= 0.3 is 0 Å². The second kappa shape index (κ2) is 8.11. The molecule has 1 saturated heterocycles. The van der Waals surface area contributed by atoms with E-state index in [1.165, 1.54) is 60.3 Å². The quantitative estimate of drug-likeness (QED) is 0.849. The first-order valence-electron chi connectivity index (χ1n) is 10.3. The summed E-state index contributed by atoms with van der Waals surface area (Å²) in [5, 5.41) is 4.25. The average Bonchev–Trinajstić information content (AvgIpc) is 3.02. The number of nitrogens with one attached hydrogen (secondary N) is 2. The smallest absolute Gasteiger partial charge is 0.221 e. The molecule has 2 aliphatic rings. The fraction of sp³-hybridized carbons (Fsp3) is 0.545. The van der Waals surface area contributed by atoms with Crippen LogP contribution in [0.5, 0.6) is 0 Å². The van der Waals surface area contributed by atoms with Gasteiger partial charge in [-0.05, 0) is 62.1 Å². The van der Waals surface area contributed by atoms with Crippen LogP contribution in [0.1, 0.15) is 67.1 Å². The predicted molar refractivity (Wildman–Crippen MR) is 110 cm³/mol. The van der Waals surface area contributed by atoms with Gasteiger partial charge in [0.1, 0.15) is 11.0 Å². The van der Waals surface area contributed by atoms with E-state index in [0.29, 0.717) is 0 Å². The lowest BCUT2D eigenvalue weighted by Crippen LogP contribution is -3.13. The third kappa shape index (κ3) is 3.94. The minimum atomic E-state index is 0.0297. The van der Waals surface area contributed by atoms with Gasteiger partial charge in [-0.15, -0.1) is 11.3 Å². The summed E-state index contributed by atoms with van der Waals surface area (Å²) in [6, 6.07) is 4.53. The average molecular weight is 385 g/mol. The van der Waals surface area contributed by atoms with Crippen LogP contribution in [0, 0.1) is 5.92 Å². The van der Waals surface area contributed by atoms with Crippen molar-refractivity contribution in [3.05, 3.63) is 46.1 Å². The molecule has 5 heteroatoms. The van der Waals surface area contributed by atoms with E-state index in [4.69, 9.17) is 0 Å². The number of nitrogens with zero attached hydrogens (tertiary/aromatic N) is 1. The minimum Gasteiger partial charge on any atom is -0.325 e. The number of amides is 1. The van der Waals surface area contributed by atoms with Crippen LogP contribution in [0.25, 0.3) is 0 Å². The summed E-state index contributed by atoms with van der Waals surface area (Å²) >= 11 is 1.81. The zero-order chi connectivity index (χ0) is 18.8. The van der Waals surface area contributed by atoms with E-state index >= 15 is 0 Å². The maximum atomic E-state index is 11.9. The zero-order valence-electron chi connectivity index (χ0n) is 16.4. The molecule has 0 aromatic carbocycles. The van der Waals surface area contributed by atoms with Gasteiger partial charge in [-0.25, -0.2) is 0 Å². The maximum Gasteiger partial charge on any atom is 0.221 e. The topological polar surface area (TPSA) is 46.4 Å². The minimum absolute atomic E-state index is 0.0297. The van der Waals surface area contributed by atoms with Gasteiger partial charge < -0.3 is 10.2 Å². The molecule has 4 rings (SSSR count). The Labute approximate surface area is 166 Å². The Balaban J connectivity index is 1.82. The molecule has 1 aliphatic carbocycles. The van der Waals surface area contributed by atoms with Crippen LogP contribution in [-0.4, -0.2) is 24.0 Å². The molecule has 2 aromatic heterocycles. The molecule has 0 bridgehead atoms. The first-order chi connectivity index (χ1) is 13.1. The molecule has 1 atom stereocenters. The van der Waals surface area contributed by atoms with Gasteiger partial charge in [0.15, 0.2) is 0 Å². The molecule has 0 radical (unpaired) electrons. The lowest BCUT2D eigenvalue weighted by Gasteiger charge is -2.35. The van der Waals surface area contributed by atoms with Crippen molar-refractivity contribution in [2.75, 3.05) is 18.4 Å². The van der Waals surface area contributed by atoms with E-state index in [0.717, 1.165) is 23.8 Å². The Morgan fingerprint density at radius 2 is 2.07 bits per heavy atom. The third-order valence-corrected chi connectivity index (χ3v) is 7.36. The molecule has 2 N–H and O–H groups in total. The molecular formula is C22H30N3OS+. The highest BCUT2D eigenvalue weighted by atomic mass is 32.1. The summed E-state index contributed by atoms with van der Waals surface area (Å²) in [6.07, 6.45) is 11.2. The number of carbonyl (C=O) groups excluding carboxylic acids is 1. The fourth-order valence-corrected chi connectivity index (χ4v) is 6.10. The Kier molecular flexibility index (Phi) is 5.60. The number of pyridine rings is 1. The van der Waals surface area contributed by atoms with Gasteiger partial charge in [0.25, 0.3) is 0 Å². The zero-order valence-corrected chi connectivity index (χ0v) is 17.2. The van der Waals surface area contributed by atoms with Gasteiger partial charge in [0, 0.05) is 29.8 Å². The summed E-state index contributed by atoms with van der Waals surface area (Å²) in [5.74, 6) is 0.844. The lowest BCUT2D eigenvalue weighted by molar-refractivity contribution is -0.931. The first kappa shape index (κ1) is 18.6. The van der Waals surface area contributed by atoms with E-state index in [2.05, 4.69) is 23.3 Å². The van der Waals surface area contributed by atoms with E-state index < -0.39 is 0 Å². The van der Waals surface area contributed by atoms with Crippen LogP contribution in [-0.2, 0) is 17.6 Å². The lowest BCUT2D eigenvalue weighted by atomic mass is 9.87. The molecule has 1 amide bonds. The van der Waals surface area contributed by atoms with E-state index in [9.17, 15) is 4.79 Å². The standard InChI is InChI=1S/C22H29N3OS/c1-15-9-12-25(13-10-15)21(17-6-5-11-23-14-17)20-18-7-3-4-8-19(18)27-22(20)24-16(2)26/h5-6,11,14-15,21H,3-4,7-10,12-13H2,1-2H3,(H,24,26)/p+1/t21-/m1/s1. The van der Waals surface area contributed by atoms with Crippen molar-refractivity contribution in [2.24, 2.45) is 5.92 Å². The number of piperidine rings is 1. The van der Waals surface area contributed by atoms with Crippen molar-refractivity contribution in [2.45, 2.75) is 58.4 Å². The molecule has 0 saturated carbocycles. The molecule has 4 nitrogen and oxygen atoms in total. The van der Waals surface area contributed by atoms with Gasteiger partial charge in [-0.1, -0.05) is 6.92 Å². The molecule has 1 aliphatic heterocycles. The van der Waals surface area contributed by atoms with Crippen LogP contribution < -0.4 is 10.2 Å². The predicted octanol–water partition coefficient (Wildman–Crippen LogP) is 3.38. The van der Waals surface area contributed by atoms with E-state index in [1.807, 2.05) is 29.8 Å². The number of hydrogen-bond donors (Lipinski definition) is 2. The number of likely N-dealkylation sites (tertiary alicyclic amines) is 1. The number of anilines is 1. The van der Waals surface area contributed by atoms with Crippen LogP contribution in [0.3, 0.4) is 0 Å². The Morgan fingerprint density at radius 1 is 1.30 bits per heavy atom. The fourth-order valence-electron chi connectivity index (χ4n) is 4.72.